The van der Waals surface area contributed by atoms with Crippen molar-refractivity contribution in [2.45, 2.75) is 13.3 Å². The van der Waals surface area contributed by atoms with Crippen LogP contribution in [0.15, 0.2) is 66.7 Å². The van der Waals surface area contributed by atoms with Gasteiger partial charge in [-0.2, -0.15) is 0 Å². The van der Waals surface area contributed by atoms with Crippen LogP contribution in [0.4, 0.5) is 17.1 Å². The van der Waals surface area contributed by atoms with E-state index in [1.165, 1.54) is 36.4 Å². The Labute approximate surface area is 204 Å². The SMILES string of the molecule is Cc1ccccc1N1C[C@@H](C(=O)Oc2cccc(N3C(=O)c4cccc([N+](=O)[O-])c4C3=O)c2)CC1=O. The molecule has 0 aromatic heterocycles. The van der Waals surface area contributed by atoms with Gasteiger partial charge in [-0.3, -0.25) is 29.3 Å². The van der Waals surface area contributed by atoms with Gasteiger partial charge in [0.05, 0.1) is 22.1 Å². The number of rotatable bonds is 5. The second-order valence-electron chi connectivity index (χ2n) is 8.51. The maximum atomic E-state index is 13.0. The van der Waals surface area contributed by atoms with Crippen molar-refractivity contribution in [3.05, 3.63) is 93.5 Å². The van der Waals surface area contributed by atoms with Gasteiger partial charge in [-0.05, 0) is 36.8 Å². The number of nitro groups is 1. The highest BCUT2D eigenvalue weighted by Gasteiger charge is 2.42. The predicted octanol–water partition coefficient (Wildman–Crippen LogP) is 3.66. The van der Waals surface area contributed by atoms with Crippen molar-refractivity contribution in [2.75, 3.05) is 16.3 Å². The number of imide groups is 1. The Morgan fingerprint density at radius 3 is 2.50 bits per heavy atom. The van der Waals surface area contributed by atoms with E-state index in [9.17, 15) is 29.3 Å². The fourth-order valence-corrected chi connectivity index (χ4v) is 4.50. The van der Waals surface area contributed by atoms with Gasteiger partial charge in [0.1, 0.15) is 11.3 Å². The third-order valence-electron chi connectivity index (χ3n) is 6.25. The molecule has 2 aliphatic rings. The summed E-state index contributed by atoms with van der Waals surface area (Å²) in [4.78, 5) is 64.3. The Bertz CT molecular complexity index is 1470. The fourth-order valence-electron chi connectivity index (χ4n) is 4.50. The Hall–Kier alpha value is -4.86. The van der Waals surface area contributed by atoms with Crippen molar-refractivity contribution >= 4 is 40.8 Å². The summed E-state index contributed by atoms with van der Waals surface area (Å²) in [5.41, 5.74) is 0.936. The van der Waals surface area contributed by atoms with Gasteiger partial charge >= 0.3 is 5.97 Å². The zero-order valence-electron chi connectivity index (χ0n) is 19.0. The highest BCUT2D eigenvalue weighted by Crippen LogP contribution is 2.35. The monoisotopic (exact) mass is 485 g/mol. The molecule has 0 bridgehead atoms. The average Bonchev–Trinajstić information content (AvgIpc) is 3.36. The van der Waals surface area contributed by atoms with Crippen molar-refractivity contribution in [1.29, 1.82) is 0 Å². The molecule has 36 heavy (non-hydrogen) atoms. The van der Waals surface area contributed by atoms with E-state index in [0.29, 0.717) is 0 Å². The van der Waals surface area contributed by atoms with E-state index in [4.69, 9.17) is 4.74 Å². The largest absolute Gasteiger partial charge is 0.426 e. The van der Waals surface area contributed by atoms with Crippen molar-refractivity contribution in [3.63, 3.8) is 0 Å². The van der Waals surface area contributed by atoms with Gasteiger partial charge < -0.3 is 9.64 Å². The summed E-state index contributed by atoms with van der Waals surface area (Å²) in [6.07, 6.45) is -0.00503. The first kappa shape index (κ1) is 22.9. The number of hydrogen-bond acceptors (Lipinski definition) is 7. The summed E-state index contributed by atoms with van der Waals surface area (Å²) in [5, 5.41) is 11.4. The molecule has 3 aromatic rings. The molecular formula is C26H19N3O7. The first-order valence-corrected chi connectivity index (χ1v) is 11.1. The van der Waals surface area contributed by atoms with Gasteiger partial charge in [0.25, 0.3) is 17.5 Å². The number of ether oxygens (including phenoxy) is 1. The molecule has 0 saturated carbocycles. The number of fused-ring (bicyclic) bond motifs is 1. The lowest BCUT2D eigenvalue weighted by Crippen LogP contribution is -2.29. The minimum Gasteiger partial charge on any atom is -0.426 e. The fraction of sp³-hybridized carbons (Fsp3) is 0.154. The summed E-state index contributed by atoms with van der Waals surface area (Å²) in [7, 11) is 0. The summed E-state index contributed by atoms with van der Waals surface area (Å²) in [6.45, 7) is 2.05. The molecule has 180 valence electrons. The maximum absolute atomic E-state index is 13.0. The number of esters is 1. The lowest BCUT2D eigenvalue weighted by Gasteiger charge is -2.19. The second kappa shape index (κ2) is 8.73. The van der Waals surface area contributed by atoms with Crippen LogP contribution in [0.3, 0.4) is 0 Å². The van der Waals surface area contributed by atoms with Crippen LogP contribution in [0.5, 0.6) is 5.75 Å². The summed E-state index contributed by atoms with van der Waals surface area (Å²) >= 11 is 0. The number of nitro benzene ring substituents is 1. The third kappa shape index (κ3) is 3.78. The lowest BCUT2D eigenvalue weighted by atomic mass is 10.1. The van der Waals surface area contributed by atoms with Crippen molar-refractivity contribution < 1.29 is 28.8 Å². The number of hydrogen-bond donors (Lipinski definition) is 0. The van der Waals surface area contributed by atoms with E-state index in [1.807, 2.05) is 31.2 Å². The molecule has 0 aliphatic carbocycles. The number of benzene rings is 3. The number of nitrogens with zero attached hydrogens (tertiary/aromatic N) is 3. The highest BCUT2D eigenvalue weighted by atomic mass is 16.6. The van der Waals surface area contributed by atoms with E-state index in [-0.39, 0.29) is 41.4 Å². The summed E-state index contributed by atoms with van der Waals surface area (Å²) < 4.78 is 5.50. The van der Waals surface area contributed by atoms with Crippen LogP contribution < -0.4 is 14.5 Å². The number of carbonyl (C=O) groups is 4. The molecule has 1 atom stereocenters. The zero-order valence-corrected chi connectivity index (χ0v) is 19.0. The first-order chi connectivity index (χ1) is 17.3. The molecule has 1 saturated heterocycles. The topological polar surface area (TPSA) is 127 Å². The van der Waals surface area contributed by atoms with Gasteiger partial charge in [0.15, 0.2) is 0 Å². The lowest BCUT2D eigenvalue weighted by molar-refractivity contribution is -0.385. The highest BCUT2D eigenvalue weighted by molar-refractivity contribution is 6.35. The van der Waals surface area contributed by atoms with E-state index in [2.05, 4.69) is 0 Å². The standard InChI is InChI=1S/C26H19N3O7/c1-15-6-2-3-10-20(15)27-14-16(12-22(27)30)26(33)36-18-8-4-7-17(13-18)28-24(31)19-9-5-11-21(29(34)35)23(19)25(28)32/h2-11,13,16H,12,14H2,1H3/t16-/m0/s1. The minimum atomic E-state index is -0.832. The van der Waals surface area contributed by atoms with E-state index in [1.54, 1.807) is 4.90 Å². The molecule has 0 N–H and O–H groups in total. The molecule has 1 fully saturated rings. The minimum absolute atomic E-state index is 0.00503. The van der Waals surface area contributed by atoms with Crippen LogP contribution in [0.2, 0.25) is 0 Å². The number of anilines is 2. The van der Waals surface area contributed by atoms with Crippen LogP contribution >= 0.6 is 0 Å². The maximum Gasteiger partial charge on any atom is 0.316 e. The van der Waals surface area contributed by atoms with E-state index < -0.39 is 34.3 Å². The van der Waals surface area contributed by atoms with E-state index >= 15 is 0 Å². The molecule has 0 spiro atoms. The molecule has 5 rings (SSSR count). The number of amides is 3. The third-order valence-corrected chi connectivity index (χ3v) is 6.25. The van der Waals surface area contributed by atoms with Gasteiger partial charge in [0, 0.05) is 30.8 Å². The van der Waals surface area contributed by atoms with Crippen LogP contribution in [0, 0.1) is 23.0 Å². The molecule has 0 radical (unpaired) electrons. The zero-order chi connectivity index (χ0) is 25.6. The molecular weight excluding hydrogens is 466 g/mol. The normalized spacial score (nSPS) is 16.9. The second-order valence-corrected chi connectivity index (χ2v) is 8.51. The summed E-state index contributed by atoms with van der Waals surface area (Å²) in [5.74, 6) is -2.96. The van der Waals surface area contributed by atoms with Crippen LogP contribution in [0.25, 0.3) is 0 Å². The molecule has 10 heteroatoms. The van der Waals surface area contributed by atoms with Crippen LogP contribution in [-0.4, -0.2) is 35.2 Å². The molecule has 10 nitrogen and oxygen atoms in total. The van der Waals surface area contributed by atoms with E-state index in [0.717, 1.165) is 22.2 Å². The molecule has 3 amide bonds. The number of carbonyl (C=O) groups excluding carboxylic acids is 4. The summed E-state index contributed by atoms with van der Waals surface area (Å²) in [6, 6.07) is 17.0. The Morgan fingerprint density at radius 1 is 1.00 bits per heavy atom. The van der Waals surface area contributed by atoms with Crippen LogP contribution in [-0.2, 0) is 9.59 Å². The van der Waals surface area contributed by atoms with Gasteiger partial charge in [0.2, 0.25) is 5.91 Å². The van der Waals surface area contributed by atoms with Crippen molar-refractivity contribution in [2.24, 2.45) is 5.92 Å². The van der Waals surface area contributed by atoms with Crippen molar-refractivity contribution in [3.8, 4) is 5.75 Å². The molecule has 2 heterocycles. The predicted molar refractivity (Wildman–Crippen MR) is 128 cm³/mol. The first-order valence-electron chi connectivity index (χ1n) is 11.1. The number of para-hydroxylation sites is 1. The molecule has 0 unspecified atom stereocenters. The van der Waals surface area contributed by atoms with Gasteiger partial charge in [-0.25, -0.2) is 4.90 Å². The Balaban J connectivity index is 1.35. The molecule has 3 aromatic carbocycles. The van der Waals surface area contributed by atoms with Crippen LogP contribution in [0.1, 0.15) is 32.7 Å². The van der Waals surface area contributed by atoms with Gasteiger partial charge in [-0.1, -0.05) is 30.3 Å². The number of aryl methyl sites for hydroxylation is 1. The average molecular weight is 485 g/mol. The smallest absolute Gasteiger partial charge is 0.316 e. The Kier molecular flexibility index (Phi) is 5.56. The van der Waals surface area contributed by atoms with Crippen molar-refractivity contribution in [1.82, 2.24) is 0 Å². The van der Waals surface area contributed by atoms with Gasteiger partial charge in [-0.15, -0.1) is 0 Å². The molecule has 2 aliphatic heterocycles. The quantitative estimate of drug-likeness (QED) is 0.177. The Morgan fingerprint density at radius 2 is 1.75 bits per heavy atom.